The van der Waals surface area contributed by atoms with Crippen molar-refractivity contribution in [3.05, 3.63) is 29.3 Å². The maximum atomic E-state index is 6.19. The van der Waals surface area contributed by atoms with E-state index in [1.807, 2.05) is 24.3 Å². The molecule has 0 saturated heterocycles. The van der Waals surface area contributed by atoms with E-state index in [1.54, 1.807) is 0 Å². The Morgan fingerprint density at radius 2 is 1.84 bits per heavy atom. The molecule has 0 spiro atoms. The van der Waals surface area contributed by atoms with Crippen molar-refractivity contribution < 1.29 is 8.85 Å². The van der Waals surface area contributed by atoms with Crippen LogP contribution in [0, 0.1) is 0 Å². The first-order valence-electron chi connectivity index (χ1n) is 7.24. The van der Waals surface area contributed by atoms with E-state index in [0.29, 0.717) is 5.02 Å². The summed E-state index contributed by atoms with van der Waals surface area (Å²) in [6.07, 6.45) is 3.55. The normalized spacial score (nSPS) is 11.6. The first-order chi connectivity index (χ1) is 9.15. The number of hydrogen-bond donors (Lipinski definition) is 0. The molecule has 0 aliphatic carbocycles. The summed E-state index contributed by atoms with van der Waals surface area (Å²) in [6.45, 7) is 7.31. The molecule has 1 aromatic carbocycles. The predicted molar refractivity (Wildman–Crippen MR) is 84.3 cm³/mol. The first kappa shape index (κ1) is 16.5. The largest absolute Gasteiger partial charge is 0.520 e. The minimum Gasteiger partial charge on any atom is -0.520 e. The van der Waals surface area contributed by atoms with Gasteiger partial charge in [0.05, 0.1) is 0 Å². The summed E-state index contributed by atoms with van der Waals surface area (Å²) in [6, 6.07) is 9.51. The molecule has 0 aliphatic rings. The van der Waals surface area contributed by atoms with Gasteiger partial charge in [-0.2, -0.15) is 0 Å². The van der Waals surface area contributed by atoms with Gasteiger partial charge in [0, 0.05) is 11.6 Å². The van der Waals surface area contributed by atoms with E-state index in [-0.39, 0.29) is 0 Å². The van der Waals surface area contributed by atoms with E-state index in [2.05, 4.69) is 20.8 Å². The van der Waals surface area contributed by atoms with Gasteiger partial charge in [-0.15, -0.1) is 0 Å². The number of rotatable bonds is 9. The predicted octanol–water partition coefficient (Wildman–Crippen LogP) is 5.41. The molecule has 0 atom stereocenters. The Labute approximate surface area is 123 Å². The van der Waals surface area contributed by atoms with Gasteiger partial charge in [-0.1, -0.05) is 51.3 Å². The highest BCUT2D eigenvalue weighted by atomic mass is 35.5. The molecular formula is C15H25ClO2Si. The fourth-order valence-corrected chi connectivity index (χ4v) is 4.49. The third kappa shape index (κ3) is 5.55. The Morgan fingerprint density at radius 3 is 2.42 bits per heavy atom. The zero-order valence-corrected chi connectivity index (χ0v) is 14.0. The molecule has 0 saturated carbocycles. The van der Waals surface area contributed by atoms with Gasteiger partial charge in [-0.3, -0.25) is 0 Å². The molecule has 0 radical (unpaired) electrons. The lowest BCUT2D eigenvalue weighted by atomic mass is 10.3. The number of halogens is 1. The van der Waals surface area contributed by atoms with Crippen LogP contribution >= 0.6 is 11.6 Å². The quantitative estimate of drug-likeness (QED) is 0.448. The summed E-state index contributed by atoms with van der Waals surface area (Å²) in [5.41, 5.74) is 0. The number of hydrogen-bond acceptors (Lipinski definition) is 2. The first-order valence-corrected chi connectivity index (χ1v) is 9.85. The number of benzene rings is 1. The van der Waals surface area contributed by atoms with Gasteiger partial charge in [-0.25, -0.2) is 0 Å². The van der Waals surface area contributed by atoms with Crippen LogP contribution in [0.3, 0.4) is 0 Å². The minimum atomic E-state index is -2.12. The molecule has 0 heterocycles. The number of unbranched alkanes of at least 4 members (excludes halogenated alkanes) is 2. The van der Waals surface area contributed by atoms with E-state index in [1.165, 1.54) is 12.8 Å². The zero-order valence-electron chi connectivity index (χ0n) is 12.2. The highest BCUT2D eigenvalue weighted by molar-refractivity contribution is 6.68. The van der Waals surface area contributed by atoms with Gasteiger partial charge in [-0.05, 0) is 36.7 Å². The maximum Gasteiger partial charge on any atom is 0.398 e. The molecule has 0 N–H and O–H groups in total. The summed E-state index contributed by atoms with van der Waals surface area (Å²) in [7, 11) is -2.12. The van der Waals surface area contributed by atoms with E-state index < -0.39 is 8.56 Å². The Balaban J connectivity index is 2.64. The van der Waals surface area contributed by atoms with Crippen LogP contribution in [0.4, 0.5) is 0 Å². The Morgan fingerprint density at radius 1 is 1.11 bits per heavy atom. The lowest BCUT2D eigenvalue weighted by Gasteiger charge is -2.29. The van der Waals surface area contributed by atoms with Crippen LogP contribution in [0.5, 0.6) is 5.75 Å². The molecule has 19 heavy (non-hydrogen) atoms. The third-order valence-corrected chi connectivity index (χ3v) is 7.02. The average molecular weight is 301 g/mol. The van der Waals surface area contributed by atoms with Crippen LogP contribution in [0.25, 0.3) is 0 Å². The molecule has 0 fully saturated rings. The van der Waals surface area contributed by atoms with E-state index in [9.17, 15) is 0 Å². The van der Waals surface area contributed by atoms with Crippen molar-refractivity contribution in [1.82, 2.24) is 0 Å². The molecule has 4 heteroatoms. The van der Waals surface area contributed by atoms with Crippen molar-refractivity contribution in [3.8, 4) is 5.75 Å². The minimum absolute atomic E-state index is 0.707. The van der Waals surface area contributed by atoms with E-state index in [0.717, 1.165) is 30.9 Å². The summed E-state index contributed by atoms with van der Waals surface area (Å²) in [5, 5.41) is 0.707. The Bertz CT molecular complexity index is 367. The van der Waals surface area contributed by atoms with Crippen LogP contribution in [0.15, 0.2) is 24.3 Å². The van der Waals surface area contributed by atoms with Gasteiger partial charge < -0.3 is 8.85 Å². The van der Waals surface area contributed by atoms with Crippen LogP contribution in [-0.2, 0) is 4.43 Å². The third-order valence-electron chi connectivity index (χ3n) is 3.29. The average Bonchev–Trinajstić information content (AvgIpc) is 2.42. The van der Waals surface area contributed by atoms with Crippen molar-refractivity contribution in [3.63, 3.8) is 0 Å². The van der Waals surface area contributed by atoms with E-state index >= 15 is 0 Å². The second-order valence-electron chi connectivity index (χ2n) is 4.73. The summed E-state index contributed by atoms with van der Waals surface area (Å²) < 4.78 is 12.3. The summed E-state index contributed by atoms with van der Waals surface area (Å²) >= 11 is 6.00. The highest BCUT2D eigenvalue weighted by Gasteiger charge is 2.35. The van der Waals surface area contributed by atoms with Gasteiger partial charge in [0.2, 0.25) is 0 Å². The second-order valence-corrected chi connectivity index (χ2v) is 8.90. The monoisotopic (exact) mass is 300 g/mol. The SMILES string of the molecule is CCCCCO[Si](CC)(CC)Oc1cccc(Cl)c1. The summed E-state index contributed by atoms with van der Waals surface area (Å²) in [4.78, 5) is 0. The Hall–Kier alpha value is -0.513. The van der Waals surface area contributed by atoms with E-state index in [4.69, 9.17) is 20.5 Å². The Kier molecular flexibility index (Phi) is 7.50. The molecular weight excluding hydrogens is 276 g/mol. The van der Waals surface area contributed by atoms with Crippen molar-refractivity contribution in [1.29, 1.82) is 0 Å². The van der Waals surface area contributed by atoms with Crippen molar-refractivity contribution in [2.45, 2.75) is 52.1 Å². The topological polar surface area (TPSA) is 18.5 Å². The molecule has 1 aromatic rings. The lowest BCUT2D eigenvalue weighted by Crippen LogP contribution is -2.44. The lowest BCUT2D eigenvalue weighted by molar-refractivity contribution is 0.231. The molecule has 1 rings (SSSR count). The molecule has 0 unspecified atom stereocenters. The second kappa shape index (κ2) is 8.62. The molecule has 0 aromatic heterocycles. The van der Waals surface area contributed by atoms with Gasteiger partial charge in [0.1, 0.15) is 5.75 Å². The van der Waals surface area contributed by atoms with Gasteiger partial charge in [0.15, 0.2) is 0 Å². The molecule has 0 bridgehead atoms. The maximum absolute atomic E-state index is 6.19. The highest BCUT2D eigenvalue weighted by Crippen LogP contribution is 2.25. The fourth-order valence-electron chi connectivity index (χ4n) is 1.98. The molecule has 2 nitrogen and oxygen atoms in total. The van der Waals surface area contributed by atoms with Gasteiger partial charge >= 0.3 is 8.56 Å². The van der Waals surface area contributed by atoms with Crippen LogP contribution in [0.2, 0.25) is 17.1 Å². The molecule has 108 valence electrons. The van der Waals surface area contributed by atoms with Crippen molar-refractivity contribution in [2.24, 2.45) is 0 Å². The molecule has 0 aliphatic heterocycles. The van der Waals surface area contributed by atoms with Crippen molar-refractivity contribution in [2.75, 3.05) is 6.61 Å². The zero-order chi connectivity index (χ0) is 14.1. The van der Waals surface area contributed by atoms with Crippen LogP contribution in [0.1, 0.15) is 40.0 Å². The summed E-state index contributed by atoms with van der Waals surface area (Å²) in [5.74, 6) is 0.832. The smallest absolute Gasteiger partial charge is 0.398 e. The van der Waals surface area contributed by atoms with Crippen molar-refractivity contribution >= 4 is 20.2 Å². The standard InChI is InChI=1S/C15H25ClO2Si/c1-4-7-8-12-17-19(5-2,6-3)18-15-11-9-10-14(16)13-15/h9-11,13H,4-8,12H2,1-3H3. The molecule has 0 amide bonds. The van der Waals surface area contributed by atoms with Crippen LogP contribution < -0.4 is 4.43 Å². The van der Waals surface area contributed by atoms with Crippen LogP contribution in [-0.4, -0.2) is 15.2 Å². The van der Waals surface area contributed by atoms with Gasteiger partial charge in [0.25, 0.3) is 0 Å². The fraction of sp³-hybridized carbons (Fsp3) is 0.600.